The molecule has 0 amide bonds. The van der Waals surface area contributed by atoms with Crippen LogP contribution >= 0.6 is 0 Å². The van der Waals surface area contributed by atoms with Crippen LogP contribution in [0.5, 0.6) is 0 Å². The lowest BCUT2D eigenvalue weighted by molar-refractivity contribution is 0.0985. The van der Waals surface area contributed by atoms with E-state index in [2.05, 4.69) is 30.9 Å². The van der Waals surface area contributed by atoms with Gasteiger partial charge < -0.3 is 14.5 Å². The molecule has 1 saturated heterocycles. The van der Waals surface area contributed by atoms with Crippen LogP contribution in [-0.2, 0) is 14.5 Å². The molecule has 2 aromatic rings. The molecular weight excluding hydrogens is 395 g/mol. The number of ether oxygens (including phenoxy) is 1. The smallest absolute Gasteiger partial charge is 0.233 e. The van der Waals surface area contributed by atoms with Crippen molar-refractivity contribution in [1.29, 1.82) is 0 Å². The first-order valence-electron chi connectivity index (χ1n) is 9.08. The maximum atomic E-state index is 13.6. The molecule has 156 valence electrons. The Morgan fingerprint density at radius 1 is 1.34 bits per heavy atom. The Hall–Kier alpha value is -2.59. The number of aliphatic imine (C=N–C) groups is 1. The number of aromatic nitrogens is 2. The summed E-state index contributed by atoms with van der Waals surface area (Å²) in [4.78, 5) is 16.8. The Kier molecular flexibility index (Phi) is 6.13. The van der Waals surface area contributed by atoms with E-state index in [9.17, 15) is 8.60 Å². The molecule has 0 radical (unpaired) electrons. The standard InChI is InChI=1S/C19H25FN6O2S/c1-13-12-28-9-8-26(13)18-11-17(24-29(4,5)27)22-19(23-18)25(3)16-7-6-14(20)10-15(16)21-2/h6-7,10-11,13H,2,8-9,12H2,1,3-5H3/t13-/m1/s1. The van der Waals surface area contributed by atoms with Crippen LogP contribution in [-0.4, -0.2) is 66.3 Å². The Morgan fingerprint density at radius 3 is 2.76 bits per heavy atom. The summed E-state index contributed by atoms with van der Waals surface area (Å²) in [5.41, 5.74) is 0.961. The fraction of sp³-hybridized carbons (Fsp3) is 0.421. The topological polar surface area (TPSA) is 83.3 Å². The van der Waals surface area contributed by atoms with Crippen LogP contribution in [0.4, 0.5) is 33.3 Å². The van der Waals surface area contributed by atoms with Crippen LogP contribution in [0.2, 0.25) is 0 Å². The molecule has 1 aromatic carbocycles. The van der Waals surface area contributed by atoms with Gasteiger partial charge in [0.05, 0.1) is 30.6 Å². The second-order valence-corrected chi connectivity index (χ2v) is 9.67. The molecule has 10 heteroatoms. The number of rotatable bonds is 5. The Bertz CT molecular complexity index is 1030. The first-order chi connectivity index (χ1) is 13.7. The van der Waals surface area contributed by atoms with Crippen LogP contribution in [0.15, 0.2) is 33.6 Å². The first kappa shape index (κ1) is 21.1. The monoisotopic (exact) mass is 420 g/mol. The van der Waals surface area contributed by atoms with Crippen LogP contribution in [0.25, 0.3) is 0 Å². The highest BCUT2D eigenvalue weighted by molar-refractivity contribution is 7.92. The maximum absolute atomic E-state index is 13.6. The number of hydrogen-bond donors (Lipinski definition) is 0. The van der Waals surface area contributed by atoms with E-state index in [4.69, 9.17) is 4.74 Å². The molecule has 1 aliphatic rings. The highest BCUT2D eigenvalue weighted by Crippen LogP contribution is 2.34. The second-order valence-electron chi connectivity index (χ2n) is 7.12. The minimum atomic E-state index is -2.42. The van der Waals surface area contributed by atoms with E-state index in [-0.39, 0.29) is 6.04 Å². The Labute approximate surface area is 170 Å². The molecule has 1 fully saturated rings. The minimum Gasteiger partial charge on any atom is -0.377 e. The molecule has 1 aromatic heterocycles. The first-order valence-corrected chi connectivity index (χ1v) is 11.4. The van der Waals surface area contributed by atoms with Gasteiger partial charge in [0, 0.05) is 48.0 Å². The van der Waals surface area contributed by atoms with Crippen molar-refractivity contribution >= 4 is 45.4 Å². The molecule has 29 heavy (non-hydrogen) atoms. The quantitative estimate of drug-likeness (QED) is 0.690. The van der Waals surface area contributed by atoms with Crippen molar-refractivity contribution in [1.82, 2.24) is 9.97 Å². The summed E-state index contributed by atoms with van der Waals surface area (Å²) < 4.78 is 35.6. The Balaban J connectivity index is 2.12. The van der Waals surface area contributed by atoms with E-state index in [1.54, 1.807) is 36.6 Å². The fourth-order valence-electron chi connectivity index (χ4n) is 3.06. The molecule has 1 atom stereocenters. The van der Waals surface area contributed by atoms with Gasteiger partial charge in [-0.3, -0.25) is 4.99 Å². The van der Waals surface area contributed by atoms with Gasteiger partial charge in [-0.15, -0.1) is 0 Å². The molecule has 8 nitrogen and oxygen atoms in total. The summed E-state index contributed by atoms with van der Waals surface area (Å²) >= 11 is 0. The predicted molar refractivity (Wildman–Crippen MR) is 115 cm³/mol. The average molecular weight is 421 g/mol. The lowest BCUT2D eigenvalue weighted by Gasteiger charge is -2.34. The van der Waals surface area contributed by atoms with Crippen LogP contribution in [0.1, 0.15) is 6.92 Å². The van der Waals surface area contributed by atoms with Crippen LogP contribution in [0, 0.1) is 5.82 Å². The van der Waals surface area contributed by atoms with Gasteiger partial charge in [0.25, 0.3) is 0 Å². The number of morpholine rings is 1. The molecule has 0 spiro atoms. The largest absolute Gasteiger partial charge is 0.377 e. The van der Waals surface area contributed by atoms with Crippen molar-refractivity contribution < 1.29 is 13.3 Å². The molecule has 0 N–H and O–H groups in total. The summed E-state index contributed by atoms with van der Waals surface area (Å²) in [6.45, 7) is 7.41. The average Bonchev–Trinajstić information content (AvgIpc) is 2.66. The number of hydrogen-bond acceptors (Lipinski definition) is 8. The van der Waals surface area contributed by atoms with Gasteiger partial charge in [-0.1, -0.05) is 0 Å². The lowest BCUT2D eigenvalue weighted by Crippen LogP contribution is -2.44. The minimum absolute atomic E-state index is 0.119. The lowest BCUT2D eigenvalue weighted by atomic mass is 10.2. The highest BCUT2D eigenvalue weighted by atomic mass is 32.2. The van der Waals surface area contributed by atoms with Crippen molar-refractivity contribution in [3.05, 3.63) is 30.1 Å². The molecule has 3 rings (SSSR count). The van der Waals surface area contributed by atoms with Gasteiger partial charge in [-0.05, 0) is 25.8 Å². The summed E-state index contributed by atoms with van der Waals surface area (Å²) in [7, 11) is -0.666. The van der Waals surface area contributed by atoms with Crippen molar-refractivity contribution in [3.63, 3.8) is 0 Å². The van der Waals surface area contributed by atoms with Gasteiger partial charge in [0.15, 0.2) is 5.82 Å². The van der Waals surface area contributed by atoms with E-state index in [0.29, 0.717) is 48.7 Å². The second kappa shape index (κ2) is 8.42. The summed E-state index contributed by atoms with van der Waals surface area (Å²) in [6, 6.07) is 6.07. The molecule has 2 heterocycles. The Morgan fingerprint density at radius 2 is 2.10 bits per heavy atom. The van der Waals surface area contributed by atoms with Crippen molar-refractivity contribution in [3.8, 4) is 0 Å². The fourth-order valence-corrected chi connectivity index (χ4v) is 3.61. The van der Waals surface area contributed by atoms with Gasteiger partial charge in [0.2, 0.25) is 5.95 Å². The SMILES string of the molecule is C=Nc1cc(F)ccc1N(C)c1nc(N=S(C)(C)=O)cc(N2CCOC[C@H]2C)n1. The molecule has 0 bridgehead atoms. The van der Waals surface area contributed by atoms with Gasteiger partial charge in [-0.25, -0.2) is 8.60 Å². The predicted octanol–water partition coefficient (Wildman–Crippen LogP) is 3.30. The van der Waals surface area contributed by atoms with Crippen molar-refractivity contribution in [2.45, 2.75) is 13.0 Å². The van der Waals surface area contributed by atoms with E-state index < -0.39 is 15.5 Å². The summed E-state index contributed by atoms with van der Waals surface area (Å²) in [5, 5.41) is 0. The van der Waals surface area contributed by atoms with Crippen LogP contribution < -0.4 is 9.80 Å². The summed E-state index contributed by atoms with van der Waals surface area (Å²) in [6.07, 6.45) is 3.10. The number of benzene rings is 1. The number of nitrogens with zero attached hydrogens (tertiary/aromatic N) is 6. The molecule has 1 aliphatic heterocycles. The zero-order valence-electron chi connectivity index (χ0n) is 17.0. The zero-order valence-corrected chi connectivity index (χ0v) is 17.8. The summed E-state index contributed by atoms with van der Waals surface area (Å²) in [5.74, 6) is 0.907. The van der Waals surface area contributed by atoms with E-state index in [1.165, 1.54) is 12.1 Å². The third-order valence-corrected chi connectivity index (χ3v) is 5.06. The number of halogens is 1. The maximum Gasteiger partial charge on any atom is 0.233 e. The molecule has 0 aliphatic carbocycles. The molecule has 0 unspecified atom stereocenters. The zero-order chi connectivity index (χ0) is 21.2. The van der Waals surface area contributed by atoms with Crippen molar-refractivity contribution in [2.75, 3.05) is 49.1 Å². The molecule has 0 saturated carbocycles. The van der Waals surface area contributed by atoms with E-state index in [1.807, 2.05) is 6.92 Å². The third kappa shape index (κ3) is 5.07. The normalized spacial score (nSPS) is 17.1. The van der Waals surface area contributed by atoms with E-state index in [0.717, 1.165) is 0 Å². The number of anilines is 3. The molecular formula is C19H25FN6O2S. The third-order valence-electron chi connectivity index (χ3n) is 4.43. The van der Waals surface area contributed by atoms with Gasteiger partial charge in [0.1, 0.15) is 11.6 Å². The van der Waals surface area contributed by atoms with Gasteiger partial charge in [-0.2, -0.15) is 14.3 Å². The van der Waals surface area contributed by atoms with Gasteiger partial charge >= 0.3 is 0 Å². The van der Waals surface area contributed by atoms with Crippen LogP contribution in [0.3, 0.4) is 0 Å². The van der Waals surface area contributed by atoms with E-state index >= 15 is 0 Å². The van der Waals surface area contributed by atoms with Crippen molar-refractivity contribution in [2.24, 2.45) is 9.36 Å². The highest BCUT2D eigenvalue weighted by Gasteiger charge is 2.23.